The number of para-hydroxylation sites is 1. The molecule has 2 rings (SSSR count). The van der Waals surface area contributed by atoms with Gasteiger partial charge in [-0.1, -0.05) is 18.2 Å². The molecule has 1 atom stereocenters. The van der Waals surface area contributed by atoms with Gasteiger partial charge in [0, 0.05) is 11.1 Å². The van der Waals surface area contributed by atoms with Crippen LogP contribution in [0.1, 0.15) is 23.7 Å². The molecule has 5 nitrogen and oxygen atoms in total. The minimum Gasteiger partial charge on any atom is -0.481 e. The van der Waals surface area contributed by atoms with Crippen molar-refractivity contribution in [3.63, 3.8) is 0 Å². The molecular formula is C14H14N2O3. The van der Waals surface area contributed by atoms with Crippen LogP contribution in [-0.2, 0) is 9.59 Å². The second-order valence-corrected chi connectivity index (χ2v) is 4.30. The molecule has 1 heterocycles. The van der Waals surface area contributed by atoms with Crippen LogP contribution >= 0.6 is 0 Å². The van der Waals surface area contributed by atoms with E-state index in [0.29, 0.717) is 6.41 Å². The molecule has 1 unspecified atom stereocenters. The molecule has 0 aliphatic rings. The first kappa shape index (κ1) is 13.0. The summed E-state index contributed by atoms with van der Waals surface area (Å²) in [7, 11) is 0. The number of aryl methyl sites for hydroxylation is 1. The predicted molar refractivity (Wildman–Crippen MR) is 70.7 cm³/mol. The van der Waals surface area contributed by atoms with E-state index < -0.39 is 12.0 Å². The summed E-state index contributed by atoms with van der Waals surface area (Å²) in [6, 6.07) is 8.73. The number of pyridine rings is 1. The number of hydrogen-bond donors (Lipinski definition) is 2. The van der Waals surface area contributed by atoms with Gasteiger partial charge in [0.05, 0.1) is 18.0 Å². The molecule has 2 N–H and O–H groups in total. The minimum atomic E-state index is -0.960. The Hall–Kier alpha value is -2.43. The van der Waals surface area contributed by atoms with Crippen LogP contribution in [0.4, 0.5) is 0 Å². The van der Waals surface area contributed by atoms with Crippen molar-refractivity contribution in [1.82, 2.24) is 10.3 Å². The van der Waals surface area contributed by atoms with Crippen molar-refractivity contribution in [3.8, 4) is 0 Å². The third-order valence-corrected chi connectivity index (χ3v) is 2.90. The number of hydrogen-bond acceptors (Lipinski definition) is 3. The lowest BCUT2D eigenvalue weighted by Gasteiger charge is -2.17. The molecule has 0 aliphatic carbocycles. The first-order chi connectivity index (χ1) is 9.11. The van der Waals surface area contributed by atoms with E-state index in [0.717, 1.165) is 22.2 Å². The van der Waals surface area contributed by atoms with Crippen molar-refractivity contribution < 1.29 is 14.7 Å². The Labute approximate surface area is 110 Å². The Kier molecular flexibility index (Phi) is 3.75. The van der Waals surface area contributed by atoms with E-state index in [-0.39, 0.29) is 6.42 Å². The van der Waals surface area contributed by atoms with Crippen molar-refractivity contribution in [2.24, 2.45) is 0 Å². The van der Waals surface area contributed by atoms with Crippen LogP contribution in [0.5, 0.6) is 0 Å². The van der Waals surface area contributed by atoms with Crippen molar-refractivity contribution in [2.75, 3.05) is 0 Å². The highest BCUT2D eigenvalue weighted by atomic mass is 16.4. The molecule has 5 heteroatoms. The number of carbonyl (C=O) groups is 2. The molecule has 0 saturated carbocycles. The highest BCUT2D eigenvalue weighted by molar-refractivity contribution is 5.84. The molecule has 19 heavy (non-hydrogen) atoms. The lowest BCUT2D eigenvalue weighted by molar-refractivity contribution is -0.137. The maximum Gasteiger partial charge on any atom is 0.305 e. The van der Waals surface area contributed by atoms with Crippen LogP contribution in [0.25, 0.3) is 10.9 Å². The molecule has 1 aromatic heterocycles. The van der Waals surface area contributed by atoms with Crippen molar-refractivity contribution in [2.45, 2.75) is 19.4 Å². The maximum atomic E-state index is 10.9. The largest absolute Gasteiger partial charge is 0.481 e. The van der Waals surface area contributed by atoms with Crippen molar-refractivity contribution in [1.29, 1.82) is 0 Å². The first-order valence-electron chi connectivity index (χ1n) is 5.89. The minimum absolute atomic E-state index is 0.161. The Morgan fingerprint density at radius 3 is 2.89 bits per heavy atom. The molecule has 0 bridgehead atoms. The van der Waals surface area contributed by atoms with E-state index in [1.165, 1.54) is 0 Å². The van der Waals surface area contributed by atoms with Crippen LogP contribution < -0.4 is 5.32 Å². The van der Waals surface area contributed by atoms with Crippen LogP contribution in [-0.4, -0.2) is 22.5 Å². The lowest BCUT2D eigenvalue weighted by atomic mass is 9.98. The van der Waals surface area contributed by atoms with Crippen molar-refractivity contribution >= 4 is 23.3 Å². The van der Waals surface area contributed by atoms with Gasteiger partial charge in [-0.2, -0.15) is 0 Å². The van der Waals surface area contributed by atoms with E-state index in [1.54, 1.807) is 0 Å². The van der Waals surface area contributed by atoms with Gasteiger partial charge >= 0.3 is 5.97 Å². The topological polar surface area (TPSA) is 79.3 Å². The van der Waals surface area contributed by atoms with Gasteiger partial charge in [-0.15, -0.1) is 0 Å². The normalized spacial score (nSPS) is 12.1. The zero-order chi connectivity index (χ0) is 13.8. The van der Waals surface area contributed by atoms with Crippen molar-refractivity contribution in [3.05, 3.63) is 41.6 Å². The summed E-state index contributed by atoms with van der Waals surface area (Å²) < 4.78 is 0. The zero-order valence-electron chi connectivity index (χ0n) is 10.5. The summed E-state index contributed by atoms with van der Waals surface area (Å²) in [4.78, 5) is 26.0. The number of aromatic nitrogens is 1. The molecule has 98 valence electrons. The van der Waals surface area contributed by atoms with Gasteiger partial charge in [-0.3, -0.25) is 14.6 Å². The van der Waals surface area contributed by atoms with Gasteiger partial charge in [0.2, 0.25) is 6.41 Å². The Morgan fingerprint density at radius 2 is 2.21 bits per heavy atom. The summed E-state index contributed by atoms with van der Waals surface area (Å²) in [5, 5.41) is 12.4. The quantitative estimate of drug-likeness (QED) is 0.801. The second kappa shape index (κ2) is 5.48. The van der Waals surface area contributed by atoms with Crippen LogP contribution in [0.2, 0.25) is 0 Å². The second-order valence-electron chi connectivity index (χ2n) is 4.30. The molecule has 0 saturated heterocycles. The fourth-order valence-electron chi connectivity index (χ4n) is 2.14. The van der Waals surface area contributed by atoms with E-state index in [2.05, 4.69) is 10.3 Å². The predicted octanol–water partition coefficient (Wildman–Crippen LogP) is 1.81. The molecular weight excluding hydrogens is 244 g/mol. The molecule has 0 spiro atoms. The number of fused-ring (bicyclic) bond motifs is 1. The number of nitrogens with one attached hydrogen (secondary N) is 1. The molecule has 0 aliphatic heterocycles. The fourth-order valence-corrected chi connectivity index (χ4v) is 2.14. The molecule has 0 fully saturated rings. The number of benzene rings is 1. The van der Waals surface area contributed by atoms with E-state index >= 15 is 0 Å². The van der Waals surface area contributed by atoms with Gasteiger partial charge in [-0.25, -0.2) is 0 Å². The third kappa shape index (κ3) is 2.88. The fraction of sp³-hybridized carbons (Fsp3) is 0.214. The van der Waals surface area contributed by atoms with Gasteiger partial charge in [-0.05, 0) is 24.6 Å². The van der Waals surface area contributed by atoms with Crippen LogP contribution in [0, 0.1) is 6.92 Å². The van der Waals surface area contributed by atoms with Gasteiger partial charge in [0.25, 0.3) is 0 Å². The molecule has 1 amide bonds. The summed E-state index contributed by atoms with van der Waals surface area (Å²) in [5.41, 5.74) is 2.36. The van der Waals surface area contributed by atoms with E-state index in [1.807, 2.05) is 37.3 Å². The Balaban J connectivity index is 2.57. The molecule has 0 radical (unpaired) electrons. The number of carbonyl (C=O) groups excluding carboxylic acids is 1. The number of rotatable bonds is 5. The Morgan fingerprint density at radius 1 is 1.47 bits per heavy atom. The highest BCUT2D eigenvalue weighted by Gasteiger charge is 2.18. The molecule has 1 aromatic carbocycles. The lowest BCUT2D eigenvalue weighted by Crippen LogP contribution is -2.23. The standard InChI is InChI=1S/C14H14N2O3/c1-9-6-11(13(15-8-17)7-14(18)19)10-4-2-3-5-12(10)16-9/h2-6,8,13H,7H2,1H3,(H,15,17)(H,18,19). The van der Waals surface area contributed by atoms with E-state index in [9.17, 15) is 9.59 Å². The SMILES string of the molecule is Cc1cc(C(CC(=O)O)NC=O)c2ccccc2n1. The monoisotopic (exact) mass is 258 g/mol. The summed E-state index contributed by atoms with van der Waals surface area (Å²) in [6.07, 6.45) is 0.365. The smallest absolute Gasteiger partial charge is 0.305 e. The zero-order valence-corrected chi connectivity index (χ0v) is 10.5. The van der Waals surface area contributed by atoms with Gasteiger partial charge in [0.15, 0.2) is 0 Å². The highest BCUT2D eigenvalue weighted by Crippen LogP contribution is 2.26. The maximum absolute atomic E-state index is 10.9. The van der Waals surface area contributed by atoms with Gasteiger partial charge < -0.3 is 10.4 Å². The average molecular weight is 258 g/mol. The summed E-state index contributed by atoms with van der Waals surface area (Å²) in [6.45, 7) is 1.84. The number of aliphatic carboxylic acids is 1. The summed E-state index contributed by atoms with van der Waals surface area (Å²) in [5.74, 6) is -0.960. The van der Waals surface area contributed by atoms with Gasteiger partial charge in [0.1, 0.15) is 0 Å². The van der Waals surface area contributed by atoms with Crippen LogP contribution in [0.15, 0.2) is 30.3 Å². The number of amides is 1. The summed E-state index contributed by atoms with van der Waals surface area (Å²) >= 11 is 0. The molecule has 2 aromatic rings. The third-order valence-electron chi connectivity index (χ3n) is 2.90. The Bertz CT molecular complexity index is 625. The first-order valence-corrected chi connectivity index (χ1v) is 5.89. The number of nitrogens with zero attached hydrogens (tertiary/aromatic N) is 1. The van der Waals surface area contributed by atoms with Crippen LogP contribution in [0.3, 0.4) is 0 Å². The number of carboxylic acid groups (broad SMARTS) is 1. The average Bonchev–Trinajstić information content (AvgIpc) is 2.36. The van der Waals surface area contributed by atoms with E-state index in [4.69, 9.17) is 5.11 Å². The number of carboxylic acids is 1.